The van der Waals surface area contributed by atoms with Crippen LogP contribution in [0.25, 0.3) is 0 Å². The maximum absolute atomic E-state index is 2.31. The fourth-order valence-corrected chi connectivity index (χ4v) is 2.40. The lowest BCUT2D eigenvalue weighted by Crippen LogP contribution is -1.96. The lowest BCUT2D eigenvalue weighted by Gasteiger charge is -1.87. The van der Waals surface area contributed by atoms with Crippen LogP contribution in [0.1, 0.15) is 6.92 Å². The molecule has 0 aromatic carbocycles. The van der Waals surface area contributed by atoms with Crippen molar-refractivity contribution in [2.75, 3.05) is 0 Å². The average molecular weight is 122 g/mol. The van der Waals surface area contributed by atoms with Crippen molar-refractivity contribution < 1.29 is 0 Å². The molecule has 0 N–H and O–H groups in total. The molecular formula is C7H10Si. The van der Waals surface area contributed by atoms with Gasteiger partial charge in [0.15, 0.2) is 0 Å². The fraction of sp³-hybridized carbons (Fsp3) is 0.143. The van der Waals surface area contributed by atoms with Crippen molar-refractivity contribution >= 4 is 8.80 Å². The molecule has 0 nitrogen and oxygen atoms in total. The van der Waals surface area contributed by atoms with Crippen LogP contribution in [0.5, 0.6) is 0 Å². The molecule has 1 rings (SSSR count). The number of rotatable bonds is 1. The molecule has 0 aromatic heterocycles. The zero-order valence-corrected chi connectivity index (χ0v) is 6.20. The van der Waals surface area contributed by atoms with Crippen molar-refractivity contribution in [1.82, 2.24) is 0 Å². The second kappa shape index (κ2) is 2.67. The first-order valence-electron chi connectivity index (χ1n) is 2.91. The van der Waals surface area contributed by atoms with Gasteiger partial charge in [-0.1, -0.05) is 35.3 Å². The smallest absolute Gasteiger partial charge is 0.0951 e. The number of allylic oxidation sites excluding steroid dienone is 3. The first-order chi connectivity index (χ1) is 3.93. The second-order valence-corrected chi connectivity index (χ2v) is 4.18. The minimum absolute atomic E-state index is 0.623. The monoisotopic (exact) mass is 122 g/mol. The lowest BCUT2D eigenvalue weighted by atomic mass is 10.6. The van der Waals surface area contributed by atoms with Gasteiger partial charge in [0.1, 0.15) is 8.80 Å². The van der Waals surface area contributed by atoms with Crippen LogP contribution in [0.2, 0.25) is 0 Å². The highest BCUT2D eigenvalue weighted by Crippen LogP contribution is 1.98. The topological polar surface area (TPSA) is 0 Å². The van der Waals surface area contributed by atoms with E-state index in [0.717, 1.165) is 0 Å². The predicted octanol–water partition coefficient (Wildman–Crippen LogP) is 1.53. The van der Waals surface area contributed by atoms with Crippen LogP contribution in [0, 0.1) is 0 Å². The average Bonchev–Trinajstić information content (AvgIpc) is 2.19. The van der Waals surface area contributed by atoms with Crippen molar-refractivity contribution in [1.29, 1.82) is 0 Å². The molecule has 0 unspecified atom stereocenters. The Morgan fingerprint density at radius 1 is 1.25 bits per heavy atom. The summed E-state index contributed by atoms with van der Waals surface area (Å²) in [5.74, 6) is 0. The maximum atomic E-state index is 2.31. The van der Waals surface area contributed by atoms with Crippen LogP contribution in [0.3, 0.4) is 0 Å². The van der Waals surface area contributed by atoms with E-state index in [2.05, 4.69) is 42.2 Å². The van der Waals surface area contributed by atoms with Gasteiger partial charge in [0.2, 0.25) is 0 Å². The summed E-state index contributed by atoms with van der Waals surface area (Å²) in [6.45, 7) is 2.08. The minimum atomic E-state index is -0.623. The van der Waals surface area contributed by atoms with E-state index in [4.69, 9.17) is 0 Å². The van der Waals surface area contributed by atoms with Crippen molar-refractivity contribution in [2.24, 2.45) is 0 Å². The molecule has 0 radical (unpaired) electrons. The highest BCUT2D eigenvalue weighted by Gasteiger charge is 1.96. The summed E-state index contributed by atoms with van der Waals surface area (Å²) in [5.41, 5.74) is 6.92. The van der Waals surface area contributed by atoms with Crippen LogP contribution < -0.4 is 0 Å². The van der Waals surface area contributed by atoms with Gasteiger partial charge in [0.05, 0.1) is 0 Å². The van der Waals surface area contributed by atoms with Gasteiger partial charge in [0, 0.05) is 0 Å². The Kier molecular flexibility index (Phi) is 1.86. The molecular weight excluding hydrogens is 112 g/mol. The van der Waals surface area contributed by atoms with Crippen molar-refractivity contribution in [3.8, 4) is 0 Å². The minimum Gasteiger partial charge on any atom is -0.0951 e. The summed E-state index contributed by atoms with van der Waals surface area (Å²) >= 11 is 0. The third-order valence-electron chi connectivity index (χ3n) is 1.19. The first-order valence-corrected chi connectivity index (χ1v) is 4.91. The Morgan fingerprint density at radius 3 is 2.38 bits per heavy atom. The summed E-state index contributed by atoms with van der Waals surface area (Å²) in [7, 11) is -0.623. The molecule has 0 aromatic rings. The standard InChI is InChI=1S/C7H10Si/c1-2-5-8-6-3-4-7-8/h2-8H,1H3. The van der Waals surface area contributed by atoms with Gasteiger partial charge in [0.25, 0.3) is 0 Å². The van der Waals surface area contributed by atoms with E-state index in [1.807, 2.05) is 0 Å². The van der Waals surface area contributed by atoms with E-state index < -0.39 is 8.80 Å². The van der Waals surface area contributed by atoms with E-state index in [-0.39, 0.29) is 0 Å². The van der Waals surface area contributed by atoms with Crippen LogP contribution in [0.15, 0.2) is 35.3 Å². The molecule has 0 atom stereocenters. The first kappa shape index (κ1) is 5.57. The van der Waals surface area contributed by atoms with Crippen LogP contribution in [0.4, 0.5) is 0 Å². The van der Waals surface area contributed by atoms with Gasteiger partial charge >= 0.3 is 0 Å². The molecule has 0 bridgehead atoms. The van der Waals surface area contributed by atoms with Gasteiger partial charge in [-0.2, -0.15) is 0 Å². The molecule has 1 heteroatoms. The van der Waals surface area contributed by atoms with Crippen molar-refractivity contribution in [3.05, 3.63) is 35.3 Å². The molecule has 1 aliphatic rings. The van der Waals surface area contributed by atoms with Gasteiger partial charge in [-0.15, -0.1) is 0 Å². The molecule has 0 spiro atoms. The van der Waals surface area contributed by atoms with E-state index in [0.29, 0.717) is 0 Å². The quantitative estimate of drug-likeness (QED) is 0.463. The Balaban J connectivity index is 2.49. The molecule has 1 heterocycles. The molecule has 8 heavy (non-hydrogen) atoms. The Labute approximate surface area is 51.8 Å². The molecule has 42 valence electrons. The van der Waals surface area contributed by atoms with E-state index in [1.165, 1.54) is 0 Å². The zero-order valence-electron chi connectivity index (χ0n) is 5.04. The predicted molar refractivity (Wildman–Crippen MR) is 40.2 cm³/mol. The van der Waals surface area contributed by atoms with E-state index >= 15 is 0 Å². The molecule has 0 amide bonds. The van der Waals surface area contributed by atoms with Crippen molar-refractivity contribution in [3.63, 3.8) is 0 Å². The Bertz CT molecular complexity index is 130. The fourth-order valence-electron chi connectivity index (χ4n) is 0.800. The largest absolute Gasteiger partial charge is 0.109 e. The Hall–Kier alpha value is -0.563. The highest BCUT2D eigenvalue weighted by atomic mass is 28.3. The molecule has 1 aliphatic heterocycles. The van der Waals surface area contributed by atoms with Gasteiger partial charge in [-0.25, -0.2) is 0 Å². The van der Waals surface area contributed by atoms with Gasteiger partial charge in [-0.3, -0.25) is 0 Å². The maximum Gasteiger partial charge on any atom is 0.109 e. The summed E-state index contributed by atoms with van der Waals surface area (Å²) in [5, 5.41) is 0. The van der Waals surface area contributed by atoms with Crippen LogP contribution in [-0.2, 0) is 0 Å². The molecule has 0 saturated carbocycles. The van der Waals surface area contributed by atoms with Crippen molar-refractivity contribution in [2.45, 2.75) is 6.92 Å². The highest BCUT2D eigenvalue weighted by molar-refractivity contribution is 6.75. The summed E-state index contributed by atoms with van der Waals surface area (Å²) in [4.78, 5) is 0. The molecule has 0 fully saturated rings. The van der Waals surface area contributed by atoms with Gasteiger partial charge < -0.3 is 0 Å². The summed E-state index contributed by atoms with van der Waals surface area (Å²) < 4.78 is 0. The summed E-state index contributed by atoms with van der Waals surface area (Å²) in [6, 6.07) is 0. The van der Waals surface area contributed by atoms with E-state index in [1.54, 1.807) is 0 Å². The third kappa shape index (κ3) is 1.20. The third-order valence-corrected chi connectivity index (χ3v) is 3.36. The number of hydrogen-bond acceptors (Lipinski definition) is 0. The van der Waals surface area contributed by atoms with Gasteiger partial charge in [-0.05, 0) is 6.92 Å². The SMILES string of the molecule is CC=C[SiH]1C=CC=C1. The zero-order chi connectivity index (χ0) is 5.82. The lowest BCUT2D eigenvalue weighted by molar-refractivity contribution is 1.78. The normalized spacial score (nSPS) is 19.1. The second-order valence-electron chi connectivity index (χ2n) is 1.87. The summed E-state index contributed by atoms with van der Waals surface area (Å²) in [6.07, 6.45) is 6.41. The molecule has 0 saturated heterocycles. The van der Waals surface area contributed by atoms with Crippen LogP contribution in [-0.4, -0.2) is 8.80 Å². The Morgan fingerprint density at radius 2 is 1.88 bits per heavy atom. The number of hydrogen-bond donors (Lipinski definition) is 0. The van der Waals surface area contributed by atoms with Crippen LogP contribution >= 0.6 is 0 Å². The van der Waals surface area contributed by atoms with E-state index in [9.17, 15) is 0 Å². The molecule has 0 aliphatic carbocycles.